The molecule has 6 heteroatoms. The minimum Gasteiger partial charge on any atom is -0.394 e. The van der Waals surface area contributed by atoms with Crippen LogP contribution in [0.3, 0.4) is 0 Å². The zero-order valence-corrected chi connectivity index (χ0v) is 13.4. The van der Waals surface area contributed by atoms with Gasteiger partial charge in [-0.15, -0.1) is 0 Å². The van der Waals surface area contributed by atoms with Gasteiger partial charge in [0.15, 0.2) is 0 Å². The fourth-order valence-electron chi connectivity index (χ4n) is 2.06. The molecule has 0 aromatic heterocycles. The lowest BCUT2D eigenvalue weighted by Gasteiger charge is -2.21. The van der Waals surface area contributed by atoms with Crippen LogP contribution in [0.4, 0.5) is 11.4 Å². The lowest BCUT2D eigenvalue weighted by Crippen LogP contribution is -2.43. The van der Waals surface area contributed by atoms with Gasteiger partial charge in [-0.3, -0.25) is 9.59 Å². The molecule has 1 aromatic carbocycles. The Kier molecular flexibility index (Phi) is 7.39. The predicted octanol–water partition coefficient (Wildman–Crippen LogP) is 1.36. The summed E-state index contributed by atoms with van der Waals surface area (Å²) >= 11 is 0. The molecule has 0 bridgehead atoms. The number of nitrogens with zero attached hydrogens (tertiary/aromatic N) is 1. The summed E-state index contributed by atoms with van der Waals surface area (Å²) in [6, 6.07) is 6.94. The minimum absolute atomic E-state index is 0.186. The van der Waals surface area contributed by atoms with Gasteiger partial charge in [0.25, 0.3) is 0 Å². The van der Waals surface area contributed by atoms with Crippen molar-refractivity contribution >= 4 is 23.2 Å². The lowest BCUT2D eigenvalue weighted by molar-refractivity contribution is -0.136. The average Bonchev–Trinajstić information content (AvgIpc) is 2.54. The van der Waals surface area contributed by atoms with Crippen LogP contribution < -0.4 is 15.5 Å². The quantitative estimate of drug-likeness (QED) is 0.664. The average molecular weight is 307 g/mol. The van der Waals surface area contributed by atoms with Crippen LogP contribution in [0.25, 0.3) is 0 Å². The van der Waals surface area contributed by atoms with Gasteiger partial charge in [-0.1, -0.05) is 6.92 Å². The van der Waals surface area contributed by atoms with Crippen molar-refractivity contribution in [3.8, 4) is 0 Å². The second kappa shape index (κ2) is 9.04. The Morgan fingerprint density at radius 1 is 1.09 bits per heavy atom. The number of nitrogens with one attached hydrogen (secondary N) is 2. The summed E-state index contributed by atoms with van der Waals surface area (Å²) in [5, 5.41) is 14.0. The maximum absolute atomic E-state index is 11.8. The topological polar surface area (TPSA) is 81.7 Å². The Bertz CT molecular complexity index is 480. The molecule has 0 fully saturated rings. The molecule has 0 spiro atoms. The van der Waals surface area contributed by atoms with E-state index in [0.29, 0.717) is 12.1 Å². The third kappa shape index (κ3) is 5.04. The highest BCUT2D eigenvalue weighted by atomic mass is 16.3. The van der Waals surface area contributed by atoms with Crippen LogP contribution in [0, 0.1) is 0 Å². The van der Waals surface area contributed by atoms with E-state index in [9.17, 15) is 9.59 Å². The largest absolute Gasteiger partial charge is 0.394 e. The normalized spacial score (nSPS) is 11.6. The van der Waals surface area contributed by atoms with Crippen molar-refractivity contribution in [3.05, 3.63) is 24.3 Å². The van der Waals surface area contributed by atoms with E-state index < -0.39 is 17.9 Å². The van der Waals surface area contributed by atoms with Crippen LogP contribution in [-0.4, -0.2) is 42.7 Å². The second-order valence-electron chi connectivity index (χ2n) is 4.93. The zero-order chi connectivity index (χ0) is 16.5. The summed E-state index contributed by atoms with van der Waals surface area (Å²) in [5.74, 6) is -1.48. The number of hydrogen-bond acceptors (Lipinski definition) is 4. The van der Waals surface area contributed by atoms with Gasteiger partial charge in [0.2, 0.25) is 0 Å². The van der Waals surface area contributed by atoms with Crippen molar-refractivity contribution in [1.29, 1.82) is 0 Å². The van der Waals surface area contributed by atoms with Crippen molar-refractivity contribution in [1.82, 2.24) is 5.32 Å². The first kappa shape index (κ1) is 18.0. The first-order valence-electron chi connectivity index (χ1n) is 7.63. The first-order valence-corrected chi connectivity index (χ1v) is 7.63. The van der Waals surface area contributed by atoms with Crippen molar-refractivity contribution in [3.63, 3.8) is 0 Å². The first-order chi connectivity index (χ1) is 10.5. The molecule has 0 aliphatic carbocycles. The van der Waals surface area contributed by atoms with E-state index >= 15 is 0 Å². The molecule has 22 heavy (non-hydrogen) atoms. The maximum atomic E-state index is 11.8. The molecule has 2 amide bonds. The number of benzene rings is 1. The molecule has 0 aliphatic heterocycles. The van der Waals surface area contributed by atoms with Crippen LogP contribution in [0.5, 0.6) is 0 Å². The summed E-state index contributed by atoms with van der Waals surface area (Å²) in [4.78, 5) is 25.7. The molecule has 6 nitrogen and oxygen atoms in total. The van der Waals surface area contributed by atoms with Crippen molar-refractivity contribution < 1.29 is 14.7 Å². The highest BCUT2D eigenvalue weighted by Gasteiger charge is 2.17. The molecule has 0 saturated heterocycles. The molecular weight excluding hydrogens is 282 g/mol. The van der Waals surface area contributed by atoms with E-state index in [4.69, 9.17) is 5.11 Å². The maximum Gasteiger partial charge on any atom is 0.313 e. The SMILES string of the molecule is CCC(CO)NC(=O)C(=O)Nc1ccc(N(CC)CC)cc1. The van der Waals surface area contributed by atoms with Gasteiger partial charge in [0, 0.05) is 24.5 Å². The third-order valence-electron chi connectivity index (χ3n) is 3.51. The van der Waals surface area contributed by atoms with Gasteiger partial charge in [-0.2, -0.15) is 0 Å². The number of carbonyl (C=O) groups excluding carboxylic acids is 2. The molecular formula is C16H25N3O3. The van der Waals surface area contributed by atoms with Crippen molar-refractivity contribution in [2.75, 3.05) is 29.9 Å². The highest BCUT2D eigenvalue weighted by Crippen LogP contribution is 2.17. The summed E-state index contributed by atoms with van der Waals surface area (Å²) in [6.07, 6.45) is 0.564. The summed E-state index contributed by atoms with van der Waals surface area (Å²) in [6.45, 7) is 7.61. The monoisotopic (exact) mass is 307 g/mol. The number of carbonyl (C=O) groups is 2. The van der Waals surface area contributed by atoms with Crippen molar-refractivity contribution in [2.45, 2.75) is 33.2 Å². The smallest absolute Gasteiger partial charge is 0.313 e. The van der Waals surface area contributed by atoms with Gasteiger partial charge in [-0.25, -0.2) is 0 Å². The van der Waals surface area contributed by atoms with Crippen LogP contribution >= 0.6 is 0 Å². The number of amides is 2. The molecule has 0 saturated carbocycles. The molecule has 1 atom stereocenters. The Morgan fingerprint density at radius 2 is 1.68 bits per heavy atom. The van der Waals surface area contributed by atoms with Crippen LogP contribution in [0.2, 0.25) is 0 Å². The minimum atomic E-state index is -0.742. The molecule has 1 unspecified atom stereocenters. The van der Waals surface area contributed by atoms with E-state index in [-0.39, 0.29) is 6.61 Å². The van der Waals surface area contributed by atoms with E-state index in [1.165, 1.54) is 0 Å². The fraction of sp³-hybridized carbons (Fsp3) is 0.500. The molecule has 1 aromatic rings. The summed E-state index contributed by atoms with van der Waals surface area (Å²) in [5.41, 5.74) is 1.63. The predicted molar refractivity (Wildman–Crippen MR) is 87.9 cm³/mol. The molecule has 1 rings (SSSR count). The third-order valence-corrected chi connectivity index (χ3v) is 3.51. The van der Waals surface area contributed by atoms with E-state index in [2.05, 4.69) is 29.4 Å². The summed E-state index contributed by atoms with van der Waals surface area (Å²) in [7, 11) is 0. The standard InChI is InChI=1S/C16H25N3O3/c1-4-12(11-20)17-15(21)16(22)18-13-7-9-14(10-8-13)19(5-2)6-3/h7-10,12,20H,4-6,11H2,1-3H3,(H,17,21)(H,18,22). The lowest BCUT2D eigenvalue weighted by atomic mass is 10.2. The van der Waals surface area contributed by atoms with E-state index in [1.807, 2.05) is 19.1 Å². The number of anilines is 2. The highest BCUT2D eigenvalue weighted by molar-refractivity contribution is 6.39. The van der Waals surface area contributed by atoms with E-state index in [1.54, 1.807) is 12.1 Å². The Hall–Kier alpha value is -2.08. The Morgan fingerprint density at radius 3 is 2.14 bits per heavy atom. The number of aliphatic hydroxyl groups is 1. The number of rotatable bonds is 7. The van der Waals surface area contributed by atoms with Gasteiger partial charge in [0.05, 0.1) is 12.6 Å². The van der Waals surface area contributed by atoms with E-state index in [0.717, 1.165) is 18.8 Å². The van der Waals surface area contributed by atoms with Crippen molar-refractivity contribution in [2.24, 2.45) is 0 Å². The van der Waals surface area contributed by atoms with Crippen LogP contribution in [0.1, 0.15) is 27.2 Å². The van der Waals surface area contributed by atoms with Crippen LogP contribution in [-0.2, 0) is 9.59 Å². The van der Waals surface area contributed by atoms with Gasteiger partial charge >= 0.3 is 11.8 Å². The number of aliphatic hydroxyl groups excluding tert-OH is 1. The Labute approximate surface area is 131 Å². The fourth-order valence-corrected chi connectivity index (χ4v) is 2.06. The Balaban J connectivity index is 2.63. The molecule has 0 radical (unpaired) electrons. The second-order valence-corrected chi connectivity index (χ2v) is 4.93. The van der Waals surface area contributed by atoms with Gasteiger partial charge < -0.3 is 20.6 Å². The molecule has 122 valence electrons. The van der Waals surface area contributed by atoms with Gasteiger partial charge in [-0.05, 0) is 44.5 Å². The number of hydrogen-bond donors (Lipinski definition) is 3. The van der Waals surface area contributed by atoms with Crippen LogP contribution in [0.15, 0.2) is 24.3 Å². The molecule has 0 aliphatic rings. The molecule has 0 heterocycles. The summed E-state index contributed by atoms with van der Waals surface area (Å²) < 4.78 is 0. The van der Waals surface area contributed by atoms with Gasteiger partial charge in [0.1, 0.15) is 0 Å². The zero-order valence-electron chi connectivity index (χ0n) is 13.4. The molecule has 3 N–H and O–H groups in total.